The molecule has 3 aliphatic carbocycles. The molecule has 1 aromatic carbocycles. The highest BCUT2D eigenvalue weighted by Crippen LogP contribution is 2.54. The van der Waals surface area contributed by atoms with Crippen LogP contribution in [-0.2, 0) is 12.3 Å². The van der Waals surface area contributed by atoms with Crippen molar-refractivity contribution in [3.05, 3.63) is 35.1 Å². The van der Waals surface area contributed by atoms with Crippen LogP contribution in [0, 0.1) is 35.4 Å². The van der Waals surface area contributed by atoms with Crippen molar-refractivity contribution >= 4 is 0 Å². The van der Waals surface area contributed by atoms with Crippen molar-refractivity contribution in [3.63, 3.8) is 0 Å². The Morgan fingerprint density at radius 3 is 2.07 bits per heavy atom. The molecule has 0 radical (unpaired) electrons. The molecule has 1 atom stereocenters. The van der Waals surface area contributed by atoms with Crippen LogP contribution in [0.2, 0.25) is 0 Å². The molecule has 3 aliphatic rings. The van der Waals surface area contributed by atoms with Crippen LogP contribution in [0.1, 0.15) is 82.3 Å². The summed E-state index contributed by atoms with van der Waals surface area (Å²) < 4.78 is 44.0. The van der Waals surface area contributed by atoms with Gasteiger partial charge in [0.1, 0.15) is 5.82 Å². The Balaban J connectivity index is 1.35. The fraction of sp³-hybridized carbons (Fsp3) is 0.750. The van der Waals surface area contributed by atoms with Crippen molar-refractivity contribution in [2.75, 3.05) is 0 Å². The number of hydrogen-bond donors (Lipinski definition) is 0. The Morgan fingerprint density at radius 2 is 1.48 bits per heavy atom. The summed E-state index contributed by atoms with van der Waals surface area (Å²) in [5.74, 6) is -1.91. The minimum Gasteiger partial charge on any atom is -0.206 e. The Bertz CT molecular complexity index is 637. The van der Waals surface area contributed by atoms with Crippen LogP contribution in [0.15, 0.2) is 18.2 Å². The van der Waals surface area contributed by atoms with E-state index in [0.717, 1.165) is 43.4 Å². The normalized spacial score (nSPS) is 35.8. The second-order valence-electron chi connectivity index (χ2n) is 9.45. The van der Waals surface area contributed by atoms with Gasteiger partial charge in [-0.15, -0.1) is 0 Å². The quantitative estimate of drug-likeness (QED) is 0.509. The van der Waals surface area contributed by atoms with Crippen molar-refractivity contribution in [2.24, 2.45) is 29.6 Å². The topological polar surface area (TPSA) is 0 Å². The number of halogens is 3. The standard InChI is InChI=1S/C24H33F3/c1-2-4-16-7-9-17(10-8-16)18-11-13-19(14-12-18)21-15-20-5-3-6-22(25)23(20)24(21,26)27/h3,5-6,16-19,21H,2,4,7-15H2,1H3. The maximum absolute atomic E-state index is 15.0. The summed E-state index contributed by atoms with van der Waals surface area (Å²) in [6.07, 6.45) is 12.4. The first-order valence-corrected chi connectivity index (χ1v) is 11.2. The molecule has 0 amide bonds. The van der Waals surface area contributed by atoms with Gasteiger partial charge in [-0.1, -0.05) is 44.7 Å². The molecule has 2 fully saturated rings. The summed E-state index contributed by atoms with van der Waals surface area (Å²) in [6.45, 7) is 2.27. The highest BCUT2D eigenvalue weighted by molar-refractivity contribution is 5.38. The lowest BCUT2D eigenvalue weighted by molar-refractivity contribution is -0.0853. The average molecular weight is 379 g/mol. The monoisotopic (exact) mass is 378 g/mol. The van der Waals surface area contributed by atoms with Crippen molar-refractivity contribution in [1.29, 1.82) is 0 Å². The predicted octanol–water partition coefficient (Wildman–Crippen LogP) is 7.50. The van der Waals surface area contributed by atoms with Crippen LogP contribution in [0.3, 0.4) is 0 Å². The third-order valence-corrected chi connectivity index (χ3v) is 7.98. The smallest absolute Gasteiger partial charge is 0.206 e. The molecular weight excluding hydrogens is 345 g/mol. The first-order valence-electron chi connectivity index (χ1n) is 11.2. The fourth-order valence-corrected chi connectivity index (χ4v) is 6.50. The van der Waals surface area contributed by atoms with E-state index in [1.807, 2.05) is 0 Å². The SMILES string of the molecule is CCCC1CCC(C2CCC(C3Cc4cccc(F)c4C3(F)F)CC2)CC1. The summed E-state index contributed by atoms with van der Waals surface area (Å²) in [5, 5.41) is 0. The van der Waals surface area contributed by atoms with E-state index in [9.17, 15) is 13.2 Å². The number of benzene rings is 1. The maximum atomic E-state index is 15.0. The molecule has 27 heavy (non-hydrogen) atoms. The van der Waals surface area contributed by atoms with E-state index in [2.05, 4.69) is 6.92 Å². The molecule has 0 N–H and O–H groups in total. The molecule has 1 unspecified atom stereocenters. The van der Waals surface area contributed by atoms with Crippen LogP contribution in [0.4, 0.5) is 13.2 Å². The van der Waals surface area contributed by atoms with Gasteiger partial charge in [-0.3, -0.25) is 0 Å². The Kier molecular flexibility index (Phi) is 5.58. The molecule has 0 saturated heterocycles. The number of rotatable bonds is 4. The molecule has 0 bridgehead atoms. The van der Waals surface area contributed by atoms with Gasteiger partial charge in [-0.25, -0.2) is 13.2 Å². The summed E-state index contributed by atoms with van der Waals surface area (Å²) in [4.78, 5) is 0. The Morgan fingerprint density at radius 1 is 0.889 bits per heavy atom. The van der Waals surface area contributed by atoms with E-state index in [1.54, 1.807) is 12.1 Å². The van der Waals surface area contributed by atoms with E-state index in [1.165, 1.54) is 44.6 Å². The van der Waals surface area contributed by atoms with Crippen LogP contribution < -0.4 is 0 Å². The van der Waals surface area contributed by atoms with Gasteiger partial charge in [0, 0.05) is 5.92 Å². The predicted molar refractivity (Wildman–Crippen MR) is 103 cm³/mol. The first kappa shape index (κ1) is 19.3. The number of hydrogen-bond acceptors (Lipinski definition) is 0. The van der Waals surface area contributed by atoms with Crippen molar-refractivity contribution < 1.29 is 13.2 Å². The number of alkyl halides is 2. The van der Waals surface area contributed by atoms with Gasteiger partial charge in [0.25, 0.3) is 5.92 Å². The van der Waals surface area contributed by atoms with E-state index < -0.39 is 17.7 Å². The molecule has 0 spiro atoms. The minimum atomic E-state index is -3.00. The molecule has 0 aliphatic heterocycles. The zero-order valence-electron chi connectivity index (χ0n) is 16.5. The summed E-state index contributed by atoms with van der Waals surface area (Å²) in [5.41, 5.74) is 0.215. The van der Waals surface area contributed by atoms with E-state index in [4.69, 9.17) is 0 Å². The van der Waals surface area contributed by atoms with Crippen LogP contribution in [0.25, 0.3) is 0 Å². The van der Waals surface area contributed by atoms with E-state index in [0.29, 0.717) is 12.0 Å². The molecule has 150 valence electrons. The van der Waals surface area contributed by atoms with Crippen LogP contribution in [0.5, 0.6) is 0 Å². The van der Waals surface area contributed by atoms with Gasteiger partial charge < -0.3 is 0 Å². The second-order valence-corrected chi connectivity index (χ2v) is 9.45. The second kappa shape index (κ2) is 7.79. The van der Waals surface area contributed by atoms with Gasteiger partial charge >= 0.3 is 0 Å². The molecule has 3 heteroatoms. The third kappa shape index (κ3) is 3.68. The van der Waals surface area contributed by atoms with Gasteiger partial charge in [0.05, 0.1) is 5.56 Å². The highest BCUT2D eigenvalue weighted by atomic mass is 19.3. The zero-order chi connectivity index (χ0) is 19.0. The van der Waals surface area contributed by atoms with Gasteiger partial charge in [0.15, 0.2) is 0 Å². The lowest BCUT2D eigenvalue weighted by Crippen LogP contribution is -2.33. The molecule has 0 aromatic heterocycles. The Hall–Kier alpha value is -0.990. The zero-order valence-corrected chi connectivity index (χ0v) is 16.5. The van der Waals surface area contributed by atoms with E-state index >= 15 is 0 Å². The molecule has 4 rings (SSSR count). The van der Waals surface area contributed by atoms with Gasteiger partial charge in [-0.2, -0.15) is 0 Å². The van der Waals surface area contributed by atoms with Crippen LogP contribution >= 0.6 is 0 Å². The lowest BCUT2D eigenvalue weighted by Gasteiger charge is -2.40. The number of fused-ring (bicyclic) bond motifs is 1. The largest absolute Gasteiger partial charge is 0.279 e. The highest BCUT2D eigenvalue weighted by Gasteiger charge is 2.53. The van der Waals surface area contributed by atoms with Crippen LogP contribution in [-0.4, -0.2) is 0 Å². The van der Waals surface area contributed by atoms with Gasteiger partial charge in [0.2, 0.25) is 0 Å². The van der Waals surface area contributed by atoms with Crippen molar-refractivity contribution in [2.45, 2.75) is 83.5 Å². The Labute approximate surface area is 161 Å². The van der Waals surface area contributed by atoms with Crippen molar-refractivity contribution in [3.8, 4) is 0 Å². The summed E-state index contributed by atoms with van der Waals surface area (Å²) in [7, 11) is 0. The molecule has 1 aromatic rings. The lowest BCUT2D eigenvalue weighted by atomic mass is 9.66. The maximum Gasteiger partial charge on any atom is 0.279 e. The summed E-state index contributed by atoms with van der Waals surface area (Å²) in [6, 6.07) is 4.44. The molecule has 0 nitrogen and oxygen atoms in total. The molecule has 0 heterocycles. The third-order valence-electron chi connectivity index (χ3n) is 7.98. The first-order chi connectivity index (χ1) is 13.0. The fourth-order valence-electron chi connectivity index (χ4n) is 6.50. The minimum absolute atomic E-state index is 0.0412. The van der Waals surface area contributed by atoms with E-state index in [-0.39, 0.29) is 11.5 Å². The van der Waals surface area contributed by atoms with Gasteiger partial charge in [-0.05, 0) is 80.2 Å². The average Bonchev–Trinajstić information content (AvgIpc) is 2.95. The van der Waals surface area contributed by atoms with Crippen molar-refractivity contribution in [1.82, 2.24) is 0 Å². The molecular formula is C24H33F3. The molecule has 2 saturated carbocycles. The summed E-state index contributed by atoms with van der Waals surface area (Å²) >= 11 is 0.